The minimum atomic E-state index is -0.615. The summed E-state index contributed by atoms with van der Waals surface area (Å²) in [5, 5.41) is 5.34. The Morgan fingerprint density at radius 2 is 2.07 bits per heavy atom. The summed E-state index contributed by atoms with van der Waals surface area (Å²) in [6, 6.07) is 8.92. The molecule has 0 aliphatic rings. The Balaban J connectivity index is 2.36. The van der Waals surface area contributed by atoms with E-state index in [0.29, 0.717) is 12.2 Å². The first-order chi connectivity index (χ1) is 13.2. The molecule has 1 aromatic carbocycles. The van der Waals surface area contributed by atoms with Crippen LogP contribution in [-0.2, 0) is 20.7 Å². The minimum absolute atomic E-state index is 0.233. The van der Waals surface area contributed by atoms with Gasteiger partial charge >= 0.3 is 5.97 Å². The number of carbonyl (C=O) groups is 2. The molecule has 27 heavy (non-hydrogen) atoms. The SMILES string of the molecule is [3H]ON(CC=CCSCOC(=O)C(C)(C)C)NC(Cc1ccccc1)C(=O)S. The Bertz CT molecular complexity index is 639. The van der Waals surface area contributed by atoms with Crippen molar-refractivity contribution >= 4 is 35.5 Å². The van der Waals surface area contributed by atoms with Crippen molar-refractivity contribution < 1.29 is 21.0 Å². The molecule has 0 saturated carbocycles. The lowest BCUT2D eigenvalue weighted by Gasteiger charge is -2.21. The Morgan fingerprint density at radius 3 is 2.67 bits per heavy atom. The molecular weight excluding hydrogens is 384 g/mol. The molecule has 2 N–H and O–H groups in total. The van der Waals surface area contributed by atoms with E-state index in [1.165, 1.54) is 11.8 Å². The van der Waals surface area contributed by atoms with Crippen LogP contribution in [0, 0.1) is 5.41 Å². The molecule has 0 spiro atoms. The van der Waals surface area contributed by atoms with E-state index >= 15 is 0 Å². The van der Waals surface area contributed by atoms with Crippen molar-refractivity contribution in [2.45, 2.75) is 33.2 Å². The first-order valence-electron chi connectivity index (χ1n) is 8.98. The number of thioether (sulfide) groups is 1. The molecule has 1 aromatic rings. The minimum Gasteiger partial charge on any atom is -0.454 e. The lowest BCUT2D eigenvalue weighted by atomic mass is 9.98. The lowest BCUT2D eigenvalue weighted by molar-refractivity contribution is -0.150. The highest BCUT2D eigenvalue weighted by Crippen LogP contribution is 2.16. The van der Waals surface area contributed by atoms with Gasteiger partial charge in [-0.3, -0.25) is 14.8 Å². The number of hydrogen-bond acceptors (Lipinski definition) is 7. The van der Waals surface area contributed by atoms with Gasteiger partial charge in [-0.05, 0) is 32.8 Å². The van der Waals surface area contributed by atoms with Gasteiger partial charge in [0.05, 0.1) is 18.0 Å². The first kappa shape index (κ1) is 22.0. The average molecular weight is 415 g/mol. The quantitative estimate of drug-likeness (QED) is 0.121. The maximum Gasteiger partial charge on any atom is 0.312 e. The summed E-state index contributed by atoms with van der Waals surface area (Å²) in [6.07, 6.45) is 4.10. The molecule has 0 heterocycles. The summed E-state index contributed by atoms with van der Waals surface area (Å²) in [5.74, 6) is 0.690. The number of rotatable bonds is 12. The molecule has 0 aliphatic heterocycles. The van der Waals surface area contributed by atoms with Gasteiger partial charge in [0.15, 0.2) is 0 Å². The highest BCUT2D eigenvalue weighted by atomic mass is 32.2. The Hall–Kier alpha value is -1.32. The highest BCUT2D eigenvalue weighted by molar-refractivity contribution is 7.99. The van der Waals surface area contributed by atoms with Crippen molar-refractivity contribution in [1.82, 2.24) is 10.6 Å². The van der Waals surface area contributed by atoms with Crippen molar-refractivity contribution in [3.8, 4) is 0 Å². The molecule has 0 bridgehead atoms. The molecule has 6 nitrogen and oxygen atoms in total. The number of esters is 1. The highest BCUT2D eigenvalue weighted by Gasteiger charge is 2.22. The van der Waals surface area contributed by atoms with Crippen LogP contribution < -0.4 is 5.43 Å². The van der Waals surface area contributed by atoms with Crippen LogP contribution in [0.25, 0.3) is 0 Å². The average Bonchev–Trinajstić information content (AvgIpc) is 2.65. The van der Waals surface area contributed by atoms with Crippen molar-refractivity contribution in [3.05, 3.63) is 48.0 Å². The number of benzene rings is 1. The van der Waals surface area contributed by atoms with Gasteiger partial charge in [0.25, 0.3) is 0 Å². The molecular formula is C19H28N2O4S2. The standard InChI is InChI=1S/C19H28N2O4S2/c1-19(2,3)18(23)25-14-27-12-8-7-11-21(24)20-16(17(22)26)13-15-9-5-4-6-10-15/h4-10,16,20,24H,11-14H2,1-3H3,(H,22,26)/i24T. The molecule has 1 unspecified atom stereocenters. The second-order valence-electron chi connectivity index (χ2n) is 6.91. The van der Waals surface area contributed by atoms with Gasteiger partial charge in [0.1, 0.15) is 5.94 Å². The van der Waals surface area contributed by atoms with Crippen LogP contribution in [0.3, 0.4) is 0 Å². The third-order valence-corrected chi connectivity index (χ3v) is 4.44. The molecule has 150 valence electrons. The predicted molar refractivity (Wildman–Crippen MR) is 112 cm³/mol. The predicted octanol–water partition coefficient (Wildman–Crippen LogP) is 3.09. The van der Waals surface area contributed by atoms with Gasteiger partial charge in [-0.25, -0.2) is 5.43 Å². The monoisotopic (exact) mass is 414 g/mol. The van der Waals surface area contributed by atoms with Gasteiger partial charge in [-0.15, -0.1) is 29.6 Å². The molecule has 0 fully saturated rings. The number of thiol groups is 1. The van der Waals surface area contributed by atoms with Crippen LogP contribution in [0.5, 0.6) is 0 Å². The van der Waals surface area contributed by atoms with Gasteiger partial charge in [0.2, 0.25) is 6.55 Å². The van der Waals surface area contributed by atoms with E-state index in [9.17, 15) is 9.59 Å². The fourth-order valence-electron chi connectivity index (χ4n) is 1.93. The fraction of sp³-hybridized carbons (Fsp3) is 0.474. The molecule has 1 atom stereocenters. The number of hydroxylamine groups is 1. The first-order valence-corrected chi connectivity index (χ1v) is 10.2. The van der Waals surface area contributed by atoms with Crippen molar-refractivity contribution in [3.63, 3.8) is 0 Å². The van der Waals surface area contributed by atoms with Crippen LogP contribution in [0.4, 0.5) is 0 Å². The summed E-state index contributed by atoms with van der Waals surface area (Å²) in [5.41, 5.74) is 3.33. The second kappa shape index (κ2) is 12.2. The normalized spacial score (nSPS) is 13.6. The summed E-state index contributed by atoms with van der Waals surface area (Å²) < 4.78 is 12.3. The Kier molecular flexibility index (Phi) is 9.93. The van der Waals surface area contributed by atoms with Crippen molar-refractivity contribution in [2.75, 3.05) is 18.2 Å². The summed E-state index contributed by atoms with van der Waals surface area (Å²) in [7, 11) is 0. The number of hydrogen-bond donors (Lipinski definition) is 3. The van der Waals surface area contributed by atoms with E-state index in [2.05, 4.69) is 23.3 Å². The van der Waals surface area contributed by atoms with E-state index in [1.54, 1.807) is 6.08 Å². The van der Waals surface area contributed by atoms with Gasteiger partial charge < -0.3 is 4.74 Å². The maximum absolute atomic E-state index is 11.8. The molecule has 0 amide bonds. The zero-order valence-corrected chi connectivity index (χ0v) is 17.6. The van der Waals surface area contributed by atoms with Gasteiger partial charge in [-0.1, -0.05) is 42.5 Å². The van der Waals surface area contributed by atoms with Gasteiger partial charge in [-0.2, -0.15) is 0 Å². The number of hydrazine groups is 1. The number of nitrogens with one attached hydrogen (secondary N) is 1. The topological polar surface area (TPSA) is 78.9 Å². The lowest BCUT2D eigenvalue weighted by Crippen LogP contribution is -2.46. The van der Waals surface area contributed by atoms with Crippen LogP contribution >= 0.6 is 24.4 Å². The van der Waals surface area contributed by atoms with E-state index in [0.717, 1.165) is 10.7 Å². The van der Waals surface area contributed by atoms with Gasteiger partial charge in [0, 0.05) is 5.75 Å². The third kappa shape index (κ3) is 10.6. The Morgan fingerprint density at radius 1 is 1.37 bits per heavy atom. The molecule has 1 rings (SSSR count). The van der Waals surface area contributed by atoms with Crippen molar-refractivity contribution in [1.29, 1.82) is 0 Å². The van der Waals surface area contributed by atoms with Crippen molar-refractivity contribution in [2.24, 2.45) is 5.41 Å². The number of ether oxygens (including phenoxy) is 1. The summed E-state index contributed by atoms with van der Waals surface area (Å²) in [4.78, 5) is 23.4. The van der Waals surface area contributed by atoms with Crippen LogP contribution in [0.15, 0.2) is 42.5 Å². The second-order valence-corrected chi connectivity index (χ2v) is 8.33. The molecule has 0 aromatic heterocycles. The van der Waals surface area contributed by atoms with Crippen LogP contribution in [0.1, 0.15) is 26.3 Å². The largest absolute Gasteiger partial charge is 0.454 e. The van der Waals surface area contributed by atoms with Crippen LogP contribution in [0.2, 0.25) is 1.43 Å². The zero-order valence-electron chi connectivity index (χ0n) is 16.9. The molecule has 0 radical (unpaired) electrons. The maximum atomic E-state index is 11.8. The summed E-state index contributed by atoms with van der Waals surface area (Å²) in [6.45, 7) is 5.69. The van der Waals surface area contributed by atoms with E-state index in [4.69, 9.17) is 6.17 Å². The molecule has 0 saturated heterocycles. The smallest absolute Gasteiger partial charge is 0.312 e. The molecule has 8 heteroatoms. The van der Waals surface area contributed by atoms with Crippen LogP contribution in [-0.4, -0.2) is 45.7 Å². The van der Waals surface area contributed by atoms with E-state index in [-0.39, 0.29) is 23.6 Å². The van der Waals surface area contributed by atoms with E-state index in [1.807, 2.05) is 57.2 Å². The number of carbonyl (C=O) groups excluding carboxylic acids is 2. The molecule has 0 aliphatic carbocycles. The zero-order chi connectivity index (χ0) is 21.0. The van der Waals surface area contributed by atoms with E-state index < -0.39 is 11.5 Å². The fourth-order valence-corrected chi connectivity index (χ4v) is 2.64. The summed E-state index contributed by atoms with van der Waals surface area (Å²) >= 11 is 5.37. The Labute approximate surface area is 172 Å². The third-order valence-electron chi connectivity index (χ3n) is 3.42. The number of nitrogens with zero attached hydrogens (tertiary/aromatic N) is 1.